The van der Waals surface area contributed by atoms with E-state index in [0.29, 0.717) is 6.54 Å². The third-order valence-corrected chi connectivity index (χ3v) is 2.99. The first-order valence-electron chi connectivity index (χ1n) is 5.81. The van der Waals surface area contributed by atoms with Crippen LogP contribution in [0, 0.1) is 5.82 Å². The number of alkyl halides is 3. The van der Waals surface area contributed by atoms with E-state index < -0.39 is 17.6 Å². The Kier molecular flexibility index (Phi) is 3.75. The highest BCUT2D eigenvalue weighted by Gasteiger charge is 2.31. The highest BCUT2D eigenvalue weighted by molar-refractivity contribution is 5.48. The number of benzene rings is 1. The zero-order valence-corrected chi connectivity index (χ0v) is 9.65. The summed E-state index contributed by atoms with van der Waals surface area (Å²) in [6.45, 7) is 1.33. The van der Waals surface area contributed by atoms with Gasteiger partial charge in [0.25, 0.3) is 0 Å². The van der Waals surface area contributed by atoms with Crippen molar-refractivity contribution in [3.8, 4) is 0 Å². The van der Waals surface area contributed by atoms with E-state index in [9.17, 15) is 17.6 Å². The molecule has 0 aliphatic carbocycles. The summed E-state index contributed by atoms with van der Waals surface area (Å²) >= 11 is 0. The largest absolute Gasteiger partial charge is 0.416 e. The molecule has 18 heavy (non-hydrogen) atoms. The molecule has 2 N–H and O–H groups in total. The van der Waals surface area contributed by atoms with Crippen molar-refractivity contribution >= 4 is 5.69 Å². The minimum absolute atomic E-state index is 0.0986. The van der Waals surface area contributed by atoms with Crippen molar-refractivity contribution in [3.63, 3.8) is 0 Å². The maximum absolute atomic E-state index is 13.4. The third kappa shape index (κ3) is 3.13. The smallest absolute Gasteiger partial charge is 0.381 e. The fourth-order valence-electron chi connectivity index (χ4n) is 2.00. The Morgan fingerprint density at radius 2 is 2.11 bits per heavy atom. The van der Waals surface area contributed by atoms with Crippen LogP contribution in [0.25, 0.3) is 0 Å². The fourth-order valence-corrected chi connectivity index (χ4v) is 2.00. The van der Waals surface area contributed by atoms with Crippen LogP contribution in [0.1, 0.15) is 18.4 Å². The molecule has 6 heteroatoms. The molecule has 1 aliphatic rings. The summed E-state index contributed by atoms with van der Waals surface area (Å²) in [4.78, 5) is 0. The fraction of sp³-hybridized carbons (Fsp3) is 0.500. The zero-order chi connectivity index (χ0) is 13.2. The number of rotatable bonds is 3. The van der Waals surface area contributed by atoms with E-state index in [0.717, 1.165) is 37.6 Å². The zero-order valence-electron chi connectivity index (χ0n) is 9.65. The van der Waals surface area contributed by atoms with Crippen molar-refractivity contribution in [2.75, 3.05) is 18.4 Å². The van der Waals surface area contributed by atoms with Crippen LogP contribution in [-0.2, 0) is 6.18 Å². The van der Waals surface area contributed by atoms with E-state index in [2.05, 4.69) is 10.6 Å². The molecule has 1 heterocycles. The Morgan fingerprint density at radius 1 is 1.33 bits per heavy atom. The van der Waals surface area contributed by atoms with Crippen LogP contribution in [0.5, 0.6) is 0 Å². The second kappa shape index (κ2) is 5.14. The van der Waals surface area contributed by atoms with E-state index >= 15 is 0 Å². The van der Waals surface area contributed by atoms with Gasteiger partial charge in [0.2, 0.25) is 0 Å². The first-order valence-corrected chi connectivity index (χ1v) is 5.81. The second-order valence-corrected chi connectivity index (χ2v) is 4.37. The average Bonchev–Trinajstić information content (AvgIpc) is 2.79. The van der Waals surface area contributed by atoms with Crippen molar-refractivity contribution in [2.45, 2.75) is 25.1 Å². The molecule has 0 bridgehead atoms. The number of anilines is 1. The monoisotopic (exact) mass is 262 g/mol. The van der Waals surface area contributed by atoms with Gasteiger partial charge in [-0.1, -0.05) is 0 Å². The average molecular weight is 262 g/mol. The summed E-state index contributed by atoms with van der Waals surface area (Å²) in [6, 6.07) is 2.59. The molecule has 1 aromatic carbocycles. The summed E-state index contributed by atoms with van der Waals surface area (Å²) in [7, 11) is 0. The van der Waals surface area contributed by atoms with Crippen LogP contribution in [-0.4, -0.2) is 19.1 Å². The molecule has 2 rings (SSSR count). The normalized spacial score (nSPS) is 20.1. The van der Waals surface area contributed by atoms with Gasteiger partial charge < -0.3 is 10.6 Å². The molecule has 0 radical (unpaired) electrons. The molecule has 1 atom stereocenters. The van der Waals surface area contributed by atoms with Gasteiger partial charge in [0.15, 0.2) is 0 Å². The Labute approximate surface area is 102 Å². The number of nitrogens with one attached hydrogen (secondary N) is 2. The van der Waals surface area contributed by atoms with E-state index in [1.54, 1.807) is 0 Å². The van der Waals surface area contributed by atoms with Crippen molar-refractivity contribution in [2.24, 2.45) is 0 Å². The predicted molar refractivity (Wildman–Crippen MR) is 60.9 cm³/mol. The van der Waals surface area contributed by atoms with E-state index in [4.69, 9.17) is 0 Å². The molecular weight excluding hydrogens is 248 g/mol. The molecule has 0 saturated carbocycles. The van der Waals surface area contributed by atoms with Crippen LogP contribution in [0.4, 0.5) is 23.2 Å². The van der Waals surface area contributed by atoms with Gasteiger partial charge >= 0.3 is 6.18 Å². The summed E-state index contributed by atoms with van der Waals surface area (Å²) in [5, 5.41) is 5.91. The van der Waals surface area contributed by atoms with E-state index in [-0.39, 0.29) is 11.7 Å². The van der Waals surface area contributed by atoms with Crippen LogP contribution in [0.15, 0.2) is 18.2 Å². The number of hydrogen-bond donors (Lipinski definition) is 2. The predicted octanol–water partition coefficient (Wildman–Crippen LogP) is 3.01. The lowest BCUT2D eigenvalue weighted by atomic mass is 10.1. The van der Waals surface area contributed by atoms with Crippen molar-refractivity contribution in [3.05, 3.63) is 29.6 Å². The maximum atomic E-state index is 13.4. The standard InChI is InChI=1S/C12H14F4N2/c13-10-4-3-8(12(14,15)16)6-11(10)18-7-9-2-1-5-17-9/h3-4,6,9,17-18H,1-2,5,7H2. The molecule has 2 nitrogen and oxygen atoms in total. The highest BCUT2D eigenvalue weighted by Crippen LogP contribution is 2.31. The van der Waals surface area contributed by atoms with Gasteiger partial charge in [0.05, 0.1) is 11.3 Å². The van der Waals surface area contributed by atoms with E-state index in [1.807, 2.05) is 0 Å². The molecule has 0 aromatic heterocycles. The molecule has 1 fully saturated rings. The van der Waals surface area contributed by atoms with Crippen LogP contribution >= 0.6 is 0 Å². The Bertz CT molecular complexity index is 411. The molecular formula is C12H14F4N2. The van der Waals surface area contributed by atoms with Gasteiger partial charge in [-0.3, -0.25) is 0 Å². The van der Waals surface area contributed by atoms with Crippen LogP contribution < -0.4 is 10.6 Å². The van der Waals surface area contributed by atoms with Gasteiger partial charge in [-0.05, 0) is 37.6 Å². The van der Waals surface area contributed by atoms with Crippen LogP contribution in [0.2, 0.25) is 0 Å². The summed E-state index contributed by atoms with van der Waals surface area (Å²) in [6.07, 6.45) is -2.46. The van der Waals surface area contributed by atoms with Crippen molar-refractivity contribution in [1.29, 1.82) is 0 Å². The van der Waals surface area contributed by atoms with Crippen molar-refractivity contribution in [1.82, 2.24) is 5.32 Å². The first kappa shape index (κ1) is 13.1. The van der Waals surface area contributed by atoms with E-state index in [1.165, 1.54) is 0 Å². The second-order valence-electron chi connectivity index (χ2n) is 4.37. The Morgan fingerprint density at radius 3 is 2.72 bits per heavy atom. The third-order valence-electron chi connectivity index (χ3n) is 2.99. The lowest BCUT2D eigenvalue weighted by molar-refractivity contribution is -0.137. The van der Waals surface area contributed by atoms with Gasteiger partial charge in [-0.25, -0.2) is 4.39 Å². The number of hydrogen-bond acceptors (Lipinski definition) is 2. The molecule has 1 saturated heterocycles. The quantitative estimate of drug-likeness (QED) is 0.818. The lowest BCUT2D eigenvalue weighted by Gasteiger charge is -2.15. The van der Waals surface area contributed by atoms with Gasteiger partial charge in [0.1, 0.15) is 5.82 Å². The molecule has 1 aliphatic heterocycles. The Balaban J connectivity index is 2.06. The van der Waals surface area contributed by atoms with Gasteiger partial charge in [-0.2, -0.15) is 13.2 Å². The van der Waals surface area contributed by atoms with Crippen LogP contribution in [0.3, 0.4) is 0 Å². The van der Waals surface area contributed by atoms with Gasteiger partial charge in [-0.15, -0.1) is 0 Å². The first-order chi connectivity index (χ1) is 8.47. The molecule has 0 amide bonds. The minimum Gasteiger partial charge on any atom is -0.381 e. The van der Waals surface area contributed by atoms with Gasteiger partial charge in [0, 0.05) is 12.6 Å². The Hall–Kier alpha value is -1.30. The molecule has 0 spiro atoms. The maximum Gasteiger partial charge on any atom is 0.416 e. The highest BCUT2D eigenvalue weighted by atomic mass is 19.4. The van der Waals surface area contributed by atoms with Crippen molar-refractivity contribution < 1.29 is 17.6 Å². The lowest BCUT2D eigenvalue weighted by Crippen LogP contribution is -2.29. The summed E-state index contributed by atoms with van der Waals surface area (Å²) in [5.74, 6) is -0.666. The SMILES string of the molecule is Fc1ccc(C(F)(F)F)cc1NCC1CCCN1. The number of halogens is 4. The molecule has 100 valence electrons. The molecule has 1 unspecified atom stereocenters. The summed E-state index contributed by atoms with van der Waals surface area (Å²) < 4.78 is 50.8. The summed E-state index contributed by atoms with van der Waals surface area (Å²) in [5.41, 5.74) is -0.940. The minimum atomic E-state index is -4.45. The topological polar surface area (TPSA) is 24.1 Å². The molecule has 1 aromatic rings.